The van der Waals surface area contributed by atoms with Crippen LogP contribution in [-0.4, -0.2) is 30.8 Å². The molecule has 0 aliphatic rings. The fraction of sp³-hybridized carbons (Fsp3) is 0.333. The summed E-state index contributed by atoms with van der Waals surface area (Å²) in [6.45, 7) is 5.85. The van der Waals surface area contributed by atoms with E-state index in [2.05, 4.69) is 36.3 Å². The van der Waals surface area contributed by atoms with Gasteiger partial charge in [-0.25, -0.2) is 14.6 Å². The van der Waals surface area contributed by atoms with Crippen molar-refractivity contribution in [2.24, 2.45) is 0 Å². The molecule has 0 fully saturated rings. The maximum absolute atomic E-state index is 12.0. The standard InChI is InChI=1S/C12H14BrN5O2/c1-12(2,3)18-6-15-10(17-18)11(20)16-9-8(19)7(13)4-5-14-9/h4-6,19H,1-3H3,(H,14,16,20). The van der Waals surface area contributed by atoms with Crippen molar-refractivity contribution in [3.05, 3.63) is 28.9 Å². The Kier molecular flexibility index (Phi) is 3.76. The van der Waals surface area contributed by atoms with Gasteiger partial charge >= 0.3 is 0 Å². The van der Waals surface area contributed by atoms with Crippen LogP contribution >= 0.6 is 15.9 Å². The number of hydrogen-bond acceptors (Lipinski definition) is 5. The Balaban J connectivity index is 2.20. The van der Waals surface area contributed by atoms with Crippen molar-refractivity contribution < 1.29 is 9.90 Å². The van der Waals surface area contributed by atoms with Crippen molar-refractivity contribution in [2.75, 3.05) is 5.32 Å². The van der Waals surface area contributed by atoms with E-state index in [9.17, 15) is 9.90 Å². The number of nitrogens with zero attached hydrogens (tertiary/aromatic N) is 4. The molecule has 1 amide bonds. The molecule has 0 atom stereocenters. The number of carbonyl (C=O) groups excluding carboxylic acids is 1. The predicted molar refractivity (Wildman–Crippen MR) is 76.6 cm³/mol. The molecule has 2 aromatic heterocycles. The number of pyridine rings is 1. The molecule has 8 heteroatoms. The van der Waals surface area contributed by atoms with Gasteiger partial charge in [-0.05, 0) is 42.8 Å². The van der Waals surface area contributed by atoms with Crippen LogP contribution in [0.5, 0.6) is 5.75 Å². The monoisotopic (exact) mass is 339 g/mol. The van der Waals surface area contributed by atoms with Crippen molar-refractivity contribution in [1.29, 1.82) is 0 Å². The number of hydrogen-bond donors (Lipinski definition) is 2. The summed E-state index contributed by atoms with van der Waals surface area (Å²) in [4.78, 5) is 19.8. The van der Waals surface area contributed by atoms with E-state index in [1.165, 1.54) is 12.5 Å². The molecule has 0 aliphatic heterocycles. The summed E-state index contributed by atoms with van der Waals surface area (Å²) in [5.74, 6) is -0.609. The number of carbonyl (C=O) groups is 1. The second-order valence-electron chi connectivity index (χ2n) is 5.13. The molecule has 0 aromatic carbocycles. The largest absolute Gasteiger partial charge is 0.503 e. The van der Waals surface area contributed by atoms with Gasteiger partial charge in [0.1, 0.15) is 6.33 Å². The Morgan fingerprint density at radius 3 is 2.70 bits per heavy atom. The Hall–Kier alpha value is -1.96. The zero-order valence-electron chi connectivity index (χ0n) is 11.3. The third-order valence-electron chi connectivity index (χ3n) is 2.49. The first-order chi connectivity index (χ1) is 9.29. The Morgan fingerprint density at radius 1 is 1.40 bits per heavy atom. The molecule has 2 rings (SSSR count). The van der Waals surface area contributed by atoms with Crippen LogP contribution in [0, 0.1) is 0 Å². The molecule has 7 nitrogen and oxygen atoms in total. The minimum atomic E-state index is -0.533. The van der Waals surface area contributed by atoms with Crippen molar-refractivity contribution >= 4 is 27.7 Å². The number of aromatic nitrogens is 4. The number of halogens is 1. The van der Waals surface area contributed by atoms with E-state index in [0.717, 1.165) is 0 Å². The smallest absolute Gasteiger partial charge is 0.296 e. The summed E-state index contributed by atoms with van der Waals surface area (Å²) in [5, 5.41) is 16.3. The lowest BCUT2D eigenvalue weighted by atomic mass is 10.1. The van der Waals surface area contributed by atoms with E-state index in [1.807, 2.05) is 20.8 Å². The number of amides is 1. The van der Waals surface area contributed by atoms with Crippen LogP contribution in [-0.2, 0) is 5.54 Å². The van der Waals surface area contributed by atoms with Gasteiger partial charge in [-0.1, -0.05) is 0 Å². The van der Waals surface area contributed by atoms with Gasteiger partial charge < -0.3 is 10.4 Å². The molecule has 0 unspecified atom stereocenters. The molecule has 0 bridgehead atoms. The Bertz CT molecular complexity index is 648. The van der Waals surface area contributed by atoms with Crippen LogP contribution in [0.25, 0.3) is 0 Å². The van der Waals surface area contributed by atoms with Crippen LogP contribution in [0.15, 0.2) is 23.1 Å². The molecule has 20 heavy (non-hydrogen) atoms. The SMILES string of the molecule is CC(C)(C)n1cnc(C(=O)Nc2nccc(Br)c2O)n1. The first-order valence-electron chi connectivity index (χ1n) is 5.86. The van der Waals surface area contributed by atoms with Crippen molar-refractivity contribution in [3.63, 3.8) is 0 Å². The van der Waals surface area contributed by atoms with Gasteiger partial charge in [-0.15, -0.1) is 5.10 Å². The van der Waals surface area contributed by atoms with E-state index in [1.54, 1.807) is 10.7 Å². The highest BCUT2D eigenvalue weighted by atomic mass is 79.9. The van der Waals surface area contributed by atoms with Crippen LogP contribution in [0.4, 0.5) is 5.82 Å². The van der Waals surface area contributed by atoms with Gasteiger partial charge in [0.25, 0.3) is 5.91 Å². The van der Waals surface area contributed by atoms with E-state index in [-0.39, 0.29) is 22.9 Å². The van der Waals surface area contributed by atoms with Crippen LogP contribution in [0.3, 0.4) is 0 Å². The molecule has 0 radical (unpaired) electrons. The molecule has 0 saturated heterocycles. The quantitative estimate of drug-likeness (QED) is 0.874. The third-order valence-corrected chi connectivity index (χ3v) is 3.13. The molecule has 0 aliphatic carbocycles. The Labute approximate surface area is 124 Å². The topological polar surface area (TPSA) is 92.9 Å². The van der Waals surface area contributed by atoms with Gasteiger partial charge in [0.2, 0.25) is 5.82 Å². The molecule has 0 saturated carbocycles. The fourth-order valence-electron chi connectivity index (χ4n) is 1.38. The number of rotatable bonds is 2. The molecule has 106 valence electrons. The van der Waals surface area contributed by atoms with Crippen molar-refractivity contribution in [3.8, 4) is 5.75 Å². The predicted octanol–water partition coefficient (Wildman–Crippen LogP) is 2.15. The van der Waals surface area contributed by atoms with Crippen LogP contribution in [0.2, 0.25) is 0 Å². The zero-order valence-corrected chi connectivity index (χ0v) is 12.8. The number of aromatic hydroxyl groups is 1. The highest BCUT2D eigenvalue weighted by Gasteiger charge is 2.19. The summed E-state index contributed by atoms with van der Waals surface area (Å²) in [5.41, 5.74) is -0.262. The molecular formula is C12H14BrN5O2. The highest BCUT2D eigenvalue weighted by molar-refractivity contribution is 9.10. The molecule has 2 aromatic rings. The van der Waals surface area contributed by atoms with E-state index < -0.39 is 5.91 Å². The fourth-order valence-corrected chi connectivity index (χ4v) is 1.68. The first kappa shape index (κ1) is 14.4. The maximum Gasteiger partial charge on any atom is 0.296 e. The normalized spacial score (nSPS) is 11.4. The zero-order chi connectivity index (χ0) is 14.9. The van der Waals surface area contributed by atoms with Crippen LogP contribution in [0.1, 0.15) is 31.4 Å². The lowest BCUT2D eigenvalue weighted by Gasteiger charge is -2.17. The van der Waals surface area contributed by atoms with Gasteiger partial charge in [0.15, 0.2) is 11.6 Å². The molecule has 2 heterocycles. The van der Waals surface area contributed by atoms with Gasteiger partial charge in [-0.3, -0.25) is 4.79 Å². The van der Waals surface area contributed by atoms with Crippen LogP contribution < -0.4 is 5.32 Å². The molecular weight excluding hydrogens is 326 g/mol. The van der Waals surface area contributed by atoms with E-state index in [0.29, 0.717) is 4.47 Å². The first-order valence-corrected chi connectivity index (χ1v) is 6.65. The average Bonchev–Trinajstić information content (AvgIpc) is 2.84. The maximum atomic E-state index is 12.0. The van der Waals surface area contributed by atoms with Crippen molar-refractivity contribution in [1.82, 2.24) is 19.7 Å². The average molecular weight is 340 g/mol. The lowest BCUT2D eigenvalue weighted by molar-refractivity contribution is 0.101. The van der Waals surface area contributed by atoms with Crippen molar-refractivity contribution in [2.45, 2.75) is 26.3 Å². The molecule has 2 N–H and O–H groups in total. The highest BCUT2D eigenvalue weighted by Crippen LogP contribution is 2.29. The summed E-state index contributed by atoms with van der Waals surface area (Å²) < 4.78 is 2.03. The van der Waals surface area contributed by atoms with E-state index >= 15 is 0 Å². The molecule has 0 spiro atoms. The second-order valence-corrected chi connectivity index (χ2v) is 5.98. The summed E-state index contributed by atoms with van der Waals surface area (Å²) >= 11 is 3.15. The van der Waals surface area contributed by atoms with Gasteiger partial charge in [0, 0.05) is 6.20 Å². The number of nitrogens with one attached hydrogen (secondary N) is 1. The minimum Gasteiger partial charge on any atom is -0.503 e. The number of anilines is 1. The summed E-state index contributed by atoms with van der Waals surface area (Å²) in [7, 11) is 0. The van der Waals surface area contributed by atoms with Gasteiger partial charge in [-0.2, -0.15) is 0 Å². The third kappa shape index (κ3) is 2.96. The van der Waals surface area contributed by atoms with E-state index in [4.69, 9.17) is 0 Å². The summed E-state index contributed by atoms with van der Waals surface area (Å²) in [6, 6.07) is 1.57. The lowest BCUT2D eigenvalue weighted by Crippen LogP contribution is -2.23. The van der Waals surface area contributed by atoms with Gasteiger partial charge in [0.05, 0.1) is 10.0 Å². The minimum absolute atomic E-state index is 0.0149. The second kappa shape index (κ2) is 5.20. The summed E-state index contributed by atoms with van der Waals surface area (Å²) in [6.07, 6.45) is 2.95. The Morgan fingerprint density at radius 2 is 2.10 bits per heavy atom.